The summed E-state index contributed by atoms with van der Waals surface area (Å²) in [7, 11) is -4.21. The van der Waals surface area contributed by atoms with E-state index < -0.39 is 39.9 Å². The van der Waals surface area contributed by atoms with E-state index >= 15 is 4.39 Å². The molecule has 1 aromatic carbocycles. The third-order valence-electron chi connectivity index (χ3n) is 7.05. The lowest BCUT2D eigenvalue weighted by atomic mass is 9.85. The summed E-state index contributed by atoms with van der Waals surface area (Å²) < 4.78 is 42.8. The molecular weight excluding hydrogens is 447 g/mol. The Labute approximate surface area is 195 Å². The summed E-state index contributed by atoms with van der Waals surface area (Å²) in [6, 6.07) is 2.03. The van der Waals surface area contributed by atoms with Crippen molar-refractivity contribution in [3.05, 3.63) is 23.0 Å². The van der Waals surface area contributed by atoms with Gasteiger partial charge in [-0.2, -0.15) is 8.42 Å². The lowest BCUT2D eigenvalue weighted by Crippen LogP contribution is -2.49. The minimum Gasteiger partial charge on any atom is -0.506 e. The van der Waals surface area contributed by atoms with Crippen LogP contribution in [0.15, 0.2) is 6.07 Å². The van der Waals surface area contributed by atoms with E-state index in [0.29, 0.717) is 40.2 Å². The number of carbonyl (C=O) groups excluding carboxylic acids is 1. The van der Waals surface area contributed by atoms with E-state index in [2.05, 4.69) is 24.1 Å². The van der Waals surface area contributed by atoms with Crippen molar-refractivity contribution in [2.24, 2.45) is 5.92 Å². The number of amides is 1. The maximum absolute atomic E-state index is 15.7. The van der Waals surface area contributed by atoms with E-state index in [4.69, 9.17) is 0 Å². The molecule has 0 radical (unpaired) electrons. The number of carbonyl (C=O) groups is 1. The second kappa shape index (κ2) is 9.76. The number of hydrogen-bond donors (Lipinski definition) is 3. The summed E-state index contributed by atoms with van der Waals surface area (Å²) in [6.45, 7) is 6.74. The van der Waals surface area contributed by atoms with Crippen LogP contribution < -0.4 is 14.3 Å². The van der Waals surface area contributed by atoms with Crippen molar-refractivity contribution in [3.63, 3.8) is 0 Å². The summed E-state index contributed by atoms with van der Waals surface area (Å²) >= 11 is 0. The molecule has 0 spiro atoms. The van der Waals surface area contributed by atoms with E-state index in [1.165, 1.54) is 18.9 Å². The predicted molar refractivity (Wildman–Crippen MR) is 125 cm³/mol. The van der Waals surface area contributed by atoms with Crippen LogP contribution in [0.5, 0.6) is 5.75 Å². The molecule has 2 saturated heterocycles. The van der Waals surface area contributed by atoms with Gasteiger partial charge in [-0.25, -0.2) is 13.4 Å². The van der Waals surface area contributed by atoms with E-state index in [0.717, 1.165) is 38.9 Å². The van der Waals surface area contributed by atoms with Crippen LogP contribution >= 0.6 is 0 Å². The lowest BCUT2D eigenvalue weighted by Gasteiger charge is -2.39. The second-order valence-corrected chi connectivity index (χ2v) is 11.5. The van der Waals surface area contributed by atoms with Gasteiger partial charge >= 0.3 is 10.2 Å². The molecular formula is C23H35FN4O4S. The molecule has 0 saturated carbocycles. The molecule has 3 N–H and O–H groups in total. The van der Waals surface area contributed by atoms with E-state index in [1.807, 2.05) is 4.72 Å². The van der Waals surface area contributed by atoms with Crippen molar-refractivity contribution in [1.82, 2.24) is 14.9 Å². The molecule has 1 aromatic rings. The largest absolute Gasteiger partial charge is 0.506 e. The summed E-state index contributed by atoms with van der Waals surface area (Å²) in [5, 5.41) is 14.1. The average Bonchev–Trinajstić information content (AvgIpc) is 3.03. The molecule has 2 heterocycles. The second-order valence-electron chi connectivity index (χ2n) is 9.95. The molecule has 0 bridgehead atoms. The number of hydrogen-bond acceptors (Lipinski definition) is 6. The zero-order valence-corrected chi connectivity index (χ0v) is 20.3. The van der Waals surface area contributed by atoms with E-state index in [1.54, 1.807) is 0 Å². The van der Waals surface area contributed by atoms with Gasteiger partial charge in [0.15, 0.2) is 5.82 Å². The first-order valence-corrected chi connectivity index (χ1v) is 13.4. The van der Waals surface area contributed by atoms with Gasteiger partial charge < -0.3 is 10.4 Å². The van der Waals surface area contributed by atoms with Crippen molar-refractivity contribution in [2.45, 2.75) is 70.9 Å². The number of aryl methyl sites for hydroxylation is 1. The fourth-order valence-corrected chi connectivity index (χ4v) is 6.39. The number of nitrogens with zero attached hydrogens (tertiary/aromatic N) is 2. The number of anilines is 1. The van der Waals surface area contributed by atoms with Crippen molar-refractivity contribution in [1.29, 1.82) is 0 Å². The van der Waals surface area contributed by atoms with Crippen LogP contribution in [0.1, 0.15) is 57.1 Å². The molecule has 4 rings (SSSR count). The number of phenolic OH excluding ortho intramolecular Hbond substituents is 1. The molecule has 2 aliphatic heterocycles. The number of fused-ring (bicyclic) bond motifs is 1. The van der Waals surface area contributed by atoms with Gasteiger partial charge in [-0.15, -0.1) is 0 Å². The molecule has 2 fully saturated rings. The minimum absolute atomic E-state index is 0.141. The highest BCUT2D eigenvalue weighted by atomic mass is 32.2. The Hall–Kier alpha value is -1.91. The highest BCUT2D eigenvalue weighted by molar-refractivity contribution is 7.92. The summed E-state index contributed by atoms with van der Waals surface area (Å²) in [5.74, 6) is -1.38. The molecule has 184 valence electrons. The van der Waals surface area contributed by atoms with Crippen LogP contribution in [0.3, 0.4) is 0 Å². The maximum Gasteiger partial charge on any atom is 0.326 e. The van der Waals surface area contributed by atoms with Gasteiger partial charge in [-0.05, 0) is 74.7 Å². The van der Waals surface area contributed by atoms with Crippen LogP contribution in [0, 0.1) is 11.7 Å². The number of phenols is 1. The van der Waals surface area contributed by atoms with Crippen LogP contribution in [-0.4, -0.2) is 62.6 Å². The van der Waals surface area contributed by atoms with Gasteiger partial charge in [0.2, 0.25) is 0 Å². The number of piperidine rings is 1. The maximum atomic E-state index is 15.7. The van der Waals surface area contributed by atoms with Crippen molar-refractivity contribution in [3.8, 4) is 5.75 Å². The average molecular weight is 483 g/mol. The van der Waals surface area contributed by atoms with E-state index in [9.17, 15) is 18.3 Å². The molecule has 10 heteroatoms. The van der Waals surface area contributed by atoms with Crippen LogP contribution in [0.4, 0.5) is 10.1 Å². The minimum atomic E-state index is -4.21. The molecule has 8 nitrogen and oxygen atoms in total. The molecule has 2 atom stereocenters. The number of halogens is 1. The van der Waals surface area contributed by atoms with Crippen LogP contribution in [0.2, 0.25) is 0 Å². The topological polar surface area (TPSA) is 102 Å². The summed E-state index contributed by atoms with van der Waals surface area (Å²) in [6.07, 6.45) is 6.55. The van der Waals surface area contributed by atoms with Gasteiger partial charge in [0, 0.05) is 18.6 Å². The zero-order valence-electron chi connectivity index (χ0n) is 19.4. The Morgan fingerprint density at radius 2 is 2.09 bits per heavy atom. The van der Waals surface area contributed by atoms with Gasteiger partial charge in [0.1, 0.15) is 18.0 Å². The third-order valence-corrected chi connectivity index (χ3v) is 8.43. The molecule has 2 unspecified atom stereocenters. The Morgan fingerprint density at radius 1 is 1.30 bits per heavy atom. The first-order valence-electron chi connectivity index (χ1n) is 12.0. The lowest BCUT2D eigenvalue weighted by molar-refractivity contribution is -0.117. The van der Waals surface area contributed by atoms with Gasteiger partial charge in [0.05, 0.1) is 0 Å². The number of aromatic hydroxyl groups is 1. The SMILES string of the molecule is CC(C)CCN(CC1CCCCN1)C1CCc2cc(O)c(N3CC(=O)NS3(=O)=O)c(F)c2C1. The van der Waals surface area contributed by atoms with Crippen LogP contribution in [-0.2, 0) is 27.8 Å². The first-order chi connectivity index (χ1) is 15.7. The summed E-state index contributed by atoms with van der Waals surface area (Å²) in [4.78, 5) is 14.1. The molecule has 3 aliphatic rings. The zero-order chi connectivity index (χ0) is 23.8. The van der Waals surface area contributed by atoms with Crippen molar-refractivity contribution in [2.75, 3.05) is 30.5 Å². The van der Waals surface area contributed by atoms with Gasteiger partial charge in [-0.1, -0.05) is 20.3 Å². The standard InChI is InChI=1S/C23H35FN4O4S/c1-15(2)8-10-27(13-17-5-3-4-9-25-17)18-7-6-16-11-20(29)23(22(24)19(16)12-18)28-14-21(30)26-33(28,31)32/h11,15,17-18,25,29H,3-10,12-14H2,1-2H3,(H,26,30). The monoisotopic (exact) mass is 482 g/mol. The van der Waals surface area contributed by atoms with Gasteiger partial charge in [-0.3, -0.25) is 9.69 Å². The fraction of sp³-hybridized carbons (Fsp3) is 0.696. The Morgan fingerprint density at radius 3 is 2.73 bits per heavy atom. The molecule has 0 aromatic heterocycles. The number of rotatable bonds is 7. The predicted octanol–water partition coefficient (Wildman–Crippen LogP) is 2.06. The van der Waals surface area contributed by atoms with E-state index in [-0.39, 0.29) is 6.04 Å². The molecule has 33 heavy (non-hydrogen) atoms. The Bertz CT molecular complexity index is 995. The van der Waals surface area contributed by atoms with Crippen molar-refractivity contribution >= 4 is 21.8 Å². The Kier molecular flexibility index (Phi) is 7.16. The smallest absolute Gasteiger partial charge is 0.326 e. The first kappa shape index (κ1) is 24.2. The highest BCUT2D eigenvalue weighted by Crippen LogP contribution is 2.40. The molecule has 1 amide bonds. The summed E-state index contributed by atoms with van der Waals surface area (Å²) in [5.41, 5.74) is 0.718. The number of nitrogens with one attached hydrogen (secondary N) is 2. The fourth-order valence-electron chi connectivity index (χ4n) is 5.23. The highest BCUT2D eigenvalue weighted by Gasteiger charge is 2.39. The Balaban J connectivity index is 1.60. The third kappa shape index (κ3) is 5.27. The number of benzene rings is 1. The van der Waals surface area contributed by atoms with Crippen LogP contribution in [0.25, 0.3) is 0 Å². The quantitative estimate of drug-likeness (QED) is 0.550. The van der Waals surface area contributed by atoms with Crippen molar-refractivity contribution < 1.29 is 22.7 Å². The van der Waals surface area contributed by atoms with Gasteiger partial charge in [0.25, 0.3) is 5.91 Å². The normalized spacial score (nSPS) is 24.9. The molecule has 1 aliphatic carbocycles.